The van der Waals surface area contributed by atoms with Crippen molar-refractivity contribution in [3.8, 4) is 28.3 Å². The predicted octanol–water partition coefficient (Wildman–Crippen LogP) is 2.07. The van der Waals surface area contributed by atoms with Crippen molar-refractivity contribution in [2.45, 2.75) is 0 Å². The summed E-state index contributed by atoms with van der Waals surface area (Å²) >= 11 is 0. The van der Waals surface area contributed by atoms with E-state index in [1.54, 1.807) is 13.4 Å². The van der Waals surface area contributed by atoms with Gasteiger partial charge in [0.2, 0.25) is 0 Å². The molecule has 2 heterocycles. The molecule has 0 atom stereocenters. The number of anilines is 1. The number of H-pyrrole nitrogens is 1. The van der Waals surface area contributed by atoms with Crippen LogP contribution in [0.3, 0.4) is 0 Å². The molecule has 0 fully saturated rings. The molecule has 6 heteroatoms. The van der Waals surface area contributed by atoms with Crippen molar-refractivity contribution < 1.29 is 4.74 Å². The average Bonchev–Trinajstić information content (AvgIpc) is 3.05. The van der Waals surface area contributed by atoms with Gasteiger partial charge in [-0.15, -0.1) is 0 Å². The number of nitrogens with zero attached hydrogens (tertiary/aromatic N) is 3. The quantitative estimate of drug-likeness (QED) is 0.762. The van der Waals surface area contributed by atoms with Gasteiger partial charge in [-0.2, -0.15) is 5.10 Å². The standard InChI is InChI=1S/C14H15N5O/c1-19-7-11(16-8-19)13-12(14(15)18-17-13)9-3-5-10(20-2)6-4-9/h3-8H,1-2H3,(H3,15,17,18). The molecule has 0 radical (unpaired) electrons. The van der Waals surface area contributed by atoms with Crippen molar-refractivity contribution in [1.82, 2.24) is 19.7 Å². The average molecular weight is 269 g/mol. The normalized spacial score (nSPS) is 10.7. The van der Waals surface area contributed by atoms with Crippen LogP contribution in [0.1, 0.15) is 0 Å². The topological polar surface area (TPSA) is 81.8 Å². The van der Waals surface area contributed by atoms with Gasteiger partial charge in [-0.1, -0.05) is 12.1 Å². The van der Waals surface area contributed by atoms with Crippen LogP contribution in [0.4, 0.5) is 5.82 Å². The Hall–Kier alpha value is -2.76. The summed E-state index contributed by atoms with van der Waals surface area (Å²) in [4.78, 5) is 4.33. The molecular formula is C14H15N5O. The van der Waals surface area contributed by atoms with Gasteiger partial charge in [0.15, 0.2) is 5.82 Å². The molecule has 20 heavy (non-hydrogen) atoms. The number of nitrogens with one attached hydrogen (secondary N) is 1. The summed E-state index contributed by atoms with van der Waals surface area (Å²) in [5.41, 5.74) is 9.42. The Kier molecular flexibility index (Phi) is 2.90. The molecule has 0 aliphatic rings. The first-order valence-electron chi connectivity index (χ1n) is 6.15. The summed E-state index contributed by atoms with van der Waals surface area (Å²) in [7, 11) is 3.56. The third-order valence-electron chi connectivity index (χ3n) is 3.13. The Balaban J connectivity index is 2.10. The largest absolute Gasteiger partial charge is 0.497 e. The number of benzene rings is 1. The van der Waals surface area contributed by atoms with E-state index >= 15 is 0 Å². The Bertz CT molecular complexity index is 726. The molecule has 0 aliphatic heterocycles. The number of aromatic nitrogens is 4. The highest BCUT2D eigenvalue weighted by atomic mass is 16.5. The summed E-state index contributed by atoms with van der Waals surface area (Å²) in [5.74, 6) is 1.26. The van der Waals surface area contributed by atoms with Crippen LogP contribution in [-0.2, 0) is 7.05 Å². The highest BCUT2D eigenvalue weighted by Gasteiger charge is 2.16. The minimum absolute atomic E-state index is 0.454. The number of nitrogens with two attached hydrogens (primary N) is 1. The first kappa shape index (κ1) is 12.3. The van der Waals surface area contributed by atoms with E-state index in [2.05, 4.69) is 15.2 Å². The molecule has 102 valence electrons. The number of methoxy groups -OCH3 is 1. The van der Waals surface area contributed by atoms with E-state index in [9.17, 15) is 0 Å². The Morgan fingerprint density at radius 1 is 1.25 bits per heavy atom. The number of hydrogen-bond donors (Lipinski definition) is 2. The molecule has 6 nitrogen and oxygen atoms in total. The zero-order valence-electron chi connectivity index (χ0n) is 11.3. The summed E-state index contributed by atoms with van der Waals surface area (Å²) < 4.78 is 7.04. The van der Waals surface area contributed by atoms with E-state index in [4.69, 9.17) is 10.5 Å². The van der Waals surface area contributed by atoms with Gasteiger partial charge in [-0.25, -0.2) is 4.98 Å². The minimum Gasteiger partial charge on any atom is -0.497 e. The molecule has 0 unspecified atom stereocenters. The van der Waals surface area contributed by atoms with Gasteiger partial charge in [-0.05, 0) is 17.7 Å². The van der Waals surface area contributed by atoms with Crippen LogP contribution < -0.4 is 10.5 Å². The lowest BCUT2D eigenvalue weighted by Gasteiger charge is -2.04. The zero-order valence-corrected chi connectivity index (χ0v) is 11.3. The first-order chi connectivity index (χ1) is 9.69. The van der Waals surface area contributed by atoms with Crippen LogP contribution in [0.5, 0.6) is 5.75 Å². The molecule has 2 aromatic heterocycles. The Labute approximate surface area is 116 Å². The van der Waals surface area contributed by atoms with Crippen LogP contribution in [0.25, 0.3) is 22.5 Å². The summed E-state index contributed by atoms with van der Waals surface area (Å²) in [6.45, 7) is 0. The number of aryl methyl sites for hydroxylation is 1. The highest BCUT2D eigenvalue weighted by Crippen LogP contribution is 2.34. The predicted molar refractivity (Wildman–Crippen MR) is 77.2 cm³/mol. The van der Waals surface area contributed by atoms with Gasteiger partial charge in [-0.3, -0.25) is 5.10 Å². The molecule has 0 bridgehead atoms. The molecule has 0 aliphatic carbocycles. The maximum absolute atomic E-state index is 5.98. The molecule has 0 spiro atoms. The molecule has 3 N–H and O–H groups in total. The summed E-state index contributed by atoms with van der Waals surface area (Å²) in [6.07, 6.45) is 3.66. The number of rotatable bonds is 3. The number of imidazole rings is 1. The van der Waals surface area contributed by atoms with Crippen LogP contribution in [0.2, 0.25) is 0 Å². The maximum atomic E-state index is 5.98. The summed E-state index contributed by atoms with van der Waals surface area (Å²) in [6, 6.07) is 7.69. The van der Waals surface area contributed by atoms with Crippen molar-refractivity contribution in [2.75, 3.05) is 12.8 Å². The van der Waals surface area contributed by atoms with Gasteiger partial charge in [0.1, 0.15) is 11.4 Å². The lowest BCUT2D eigenvalue weighted by Crippen LogP contribution is -1.89. The van der Waals surface area contributed by atoms with Crippen molar-refractivity contribution >= 4 is 5.82 Å². The third-order valence-corrected chi connectivity index (χ3v) is 3.13. The van der Waals surface area contributed by atoms with Crippen LogP contribution in [0, 0.1) is 0 Å². The van der Waals surface area contributed by atoms with Crippen molar-refractivity contribution in [3.63, 3.8) is 0 Å². The zero-order chi connectivity index (χ0) is 14.1. The Morgan fingerprint density at radius 3 is 2.60 bits per heavy atom. The van der Waals surface area contributed by atoms with Crippen molar-refractivity contribution in [2.24, 2.45) is 7.05 Å². The minimum atomic E-state index is 0.454. The third kappa shape index (κ3) is 2.01. The SMILES string of the molecule is COc1ccc(-c2c(N)n[nH]c2-c2cn(C)cn2)cc1. The lowest BCUT2D eigenvalue weighted by atomic mass is 10.0. The van der Waals surface area contributed by atoms with Gasteiger partial charge in [0, 0.05) is 13.2 Å². The van der Waals surface area contributed by atoms with Crippen LogP contribution in [-0.4, -0.2) is 26.9 Å². The molecule has 3 aromatic rings. The second-order valence-corrected chi connectivity index (χ2v) is 4.51. The van der Waals surface area contributed by atoms with Gasteiger partial charge in [0.25, 0.3) is 0 Å². The van der Waals surface area contributed by atoms with E-state index in [0.29, 0.717) is 5.82 Å². The van der Waals surface area contributed by atoms with Crippen LogP contribution in [0.15, 0.2) is 36.8 Å². The van der Waals surface area contributed by atoms with E-state index in [-0.39, 0.29) is 0 Å². The van der Waals surface area contributed by atoms with Crippen LogP contribution >= 0.6 is 0 Å². The molecule has 1 aromatic carbocycles. The number of aromatic amines is 1. The summed E-state index contributed by atoms with van der Waals surface area (Å²) in [5, 5.41) is 7.04. The fraction of sp³-hybridized carbons (Fsp3) is 0.143. The fourth-order valence-corrected chi connectivity index (χ4v) is 2.13. The van der Waals surface area contributed by atoms with Crippen molar-refractivity contribution in [3.05, 3.63) is 36.8 Å². The van der Waals surface area contributed by atoms with Gasteiger partial charge >= 0.3 is 0 Å². The fourth-order valence-electron chi connectivity index (χ4n) is 2.13. The smallest absolute Gasteiger partial charge is 0.153 e. The van der Waals surface area contributed by atoms with Gasteiger partial charge in [0.05, 0.1) is 24.7 Å². The molecule has 0 saturated carbocycles. The second-order valence-electron chi connectivity index (χ2n) is 4.51. The second kappa shape index (κ2) is 4.73. The number of nitrogen functional groups attached to an aromatic ring is 1. The molecule has 0 amide bonds. The van der Waals surface area contributed by atoms with E-state index in [1.807, 2.05) is 42.1 Å². The molecule has 0 saturated heterocycles. The number of ether oxygens (including phenoxy) is 1. The van der Waals surface area contributed by atoms with E-state index in [0.717, 1.165) is 28.3 Å². The van der Waals surface area contributed by atoms with Crippen molar-refractivity contribution in [1.29, 1.82) is 0 Å². The number of hydrogen-bond acceptors (Lipinski definition) is 4. The van der Waals surface area contributed by atoms with E-state index in [1.165, 1.54) is 0 Å². The monoisotopic (exact) mass is 269 g/mol. The highest BCUT2D eigenvalue weighted by molar-refractivity contribution is 5.86. The lowest BCUT2D eigenvalue weighted by molar-refractivity contribution is 0.415. The molecular weight excluding hydrogens is 254 g/mol. The molecule has 3 rings (SSSR count). The maximum Gasteiger partial charge on any atom is 0.153 e. The Morgan fingerprint density at radius 2 is 2.00 bits per heavy atom. The van der Waals surface area contributed by atoms with E-state index < -0.39 is 0 Å². The van der Waals surface area contributed by atoms with Gasteiger partial charge < -0.3 is 15.0 Å². The first-order valence-corrected chi connectivity index (χ1v) is 6.15.